The van der Waals surface area contributed by atoms with Gasteiger partial charge in [-0.3, -0.25) is 14.9 Å². The summed E-state index contributed by atoms with van der Waals surface area (Å²) in [5.41, 5.74) is -0.158. The molecule has 1 amide bonds. The van der Waals surface area contributed by atoms with Gasteiger partial charge < -0.3 is 10.4 Å². The summed E-state index contributed by atoms with van der Waals surface area (Å²) >= 11 is 3.08. The first kappa shape index (κ1) is 17.6. The van der Waals surface area contributed by atoms with Crippen LogP contribution in [0.15, 0.2) is 22.7 Å². The van der Waals surface area contributed by atoms with Crippen molar-refractivity contribution >= 4 is 27.5 Å². The Labute approximate surface area is 131 Å². The molecule has 1 aromatic carbocycles. The van der Waals surface area contributed by atoms with E-state index in [0.717, 1.165) is 0 Å². The third-order valence-electron chi connectivity index (χ3n) is 3.17. The maximum Gasteiger partial charge on any atom is 0.284 e. The number of benzene rings is 1. The summed E-state index contributed by atoms with van der Waals surface area (Å²) in [7, 11) is 0. The lowest BCUT2D eigenvalue weighted by atomic mass is 9.84. The second kappa shape index (κ2) is 7.00. The smallest absolute Gasteiger partial charge is 0.284 e. The Morgan fingerprint density at radius 1 is 1.48 bits per heavy atom. The summed E-state index contributed by atoms with van der Waals surface area (Å²) in [6.07, 6.45) is 0.424. The van der Waals surface area contributed by atoms with Gasteiger partial charge in [-0.2, -0.15) is 0 Å². The number of amides is 1. The van der Waals surface area contributed by atoms with Crippen molar-refractivity contribution in [3.05, 3.63) is 38.3 Å². The number of aliphatic hydroxyl groups excluding tert-OH is 1. The fourth-order valence-corrected chi connectivity index (χ4v) is 2.28. The first-order valence-electron chi connectivity index (χ1n) is 6.52. The van der Waals surface area contributed by atoms with Gasteiger partial charge in [0.25, 0.3) is 11.6 Å². The van der Waals surface area contributed by atoms with Gasteiger partial charge in [-0.05, 0) is 39.9 Å². The number of aliphatic hydroxyl groups is 1. The lowest BCUT2D eigenvalue weighted by Gasteiger charge is -2.31. The molecule has 116 valence electrons. The highest BCUT2D eigenvalue weighted by Gasteiger charge is 2.26. The predicted octanol–water partition coefficient (Wildman–Crippen LogP) is 2.88. The minimum absolute atomic E-state index is 0.0390. The molecule has 1 unspecified atom stereocenters. The quantitative estimate of drug-likeness (QED) is 0.625. The van der Waals surface area contributed by atoms with E-state index in [1.165, 1.54) is 18.2 Å². The Balaban J connectivity index is 2.98. The lowest BCUT2D eigenvalue weighted by molar-refractivity contribution is -0.385. The Morgan fingerprint density at radius 2 is 2.10 bits per heavy atom. The van der Waals surface area contributed by atoms with Gasteiger partial charge in [0.05, 0.1) is 9.40 Å². The van der Waals surface area contributed by atoms with Crippen LogP contribution in [-0.2, 0) is 0 Å². The molecular weight excluding hydrogens is 340 g/mol. The summed E-state index contributed by atoms with van der Waals surface area (Å²) in [5.74, 6) is -0.390. The number of hydrogen-bond donors (Lipinski definition) is 2. The van der Waals surface area contributed by atoms with Gasteiger partial charge in [0.15, 0.2) is 0 Å². The minimum Gasteiger partial charge on any atom is -0.396 e. The standard InChI is InChI=1S/C14H19BrN2O4/c1-14(2,3)12(6-7-18)16-13(19)9-4-5-10(15)11(8-9)17(20)21/h4-5,8,12,18H,6-7H2,1-3H3,(H,16,19). The Bertz CT molecular complexity index is 540. The zero-order valence-corrected chi connectivity index (χ0v) is 13.8. The Morgan fingerprint density at radius 3 is 2.57 bits per heavy atom. The molecule has 0 aliphatic carbocycles. The summed E-state index contributed by atoms with van der Waals surface area (Å²) < 4.78 is 0.326. The first-order valence-corrected chi connectivity index (χ1v) is 7.31. The van der Waals surface area contributed by atoms with Crippen LogP contribution in [0.3, 0.4) is 0 Å². The molecule has 21 heavy (non-hydrogen) atoms. The van der Waals surface area contributed by atoms with Crippen LogP contribution in [0.25, 0.3) is 0 Å². The predicted molar refractivity (Wildman–Crippen MR) is 83.2 cm³/mol. The number of nitro groups is 1. The highest BCUT2D eigenvalue weighted by atomic mass is 79.9. The summed E-state index contributed by atoms with van der Waals surface area (Å²) in [5, 5.41) is 22.8. The van der Waals surface area contributed by atoms with Gasteiger partial charge in [-0.15, -0.1) is 0 Å². The van der Waals surface area contributed by atoms with Crippen LogP contribution in [0.5, 0.6) is 0 Å². The molecule has 0 radical (unpaired) electrons. The topological polar surface area (TPSA) is 92.5 Å². The molecule has 0 aliphatic rings. The number of carbonyl (C=O) groups is 1. The van der Waals surface area contributed by atoms with E-state index in [1.54, 1.807) is 0 Å². The second-order valence-corrected chi connectivity index (χ2v) is 6.68. The van der Waals surface area contributed by atoms with Gasteiger partial charge in [0.2, 0.25) is 0 Å². The fourth-order valence-electron chi connectivity index (χ4n) is 1.89. The van der Waals surface area contributed by atoms with Gasteiger partial charge in [-0.1, -0.05) is 20.8 Å². The summed E-state index contributed by atoms with van der Waals surface area (Å²) in [6.45, 7) is 5.83. The third-order valence-corrected chi connectivity index (χ3v) is 3.84. The molecule has 0 fully saturated rings. The van der Waals surface area contributed by atoms with E-state index < -0.39 is 4.92 Å². The number of hydrogen-bond acceptors (Lipinski definition) is 4. The van der Waals surface area contributed by atoms with Gasteiger partial charge in [0, 0.05) is 24.3 Å². The maximum absolute atomic E-state index is 12.2. The molecule has 6 nitrogen and oxygen atoms in total. The van der Waals surface area contributed by atoms with E-state index >= 15 is 0 Å². The fraction of sp³-hybridized carbons (Fsp3) is 0.500. The van der Waals surface area contributed by atoms with Crippen LogP contribution in [0.2, 0.25) is 0 Å². The molecule has 1 atom stereocenters. The minimum atomic E-state index is -0.546. The maximum atomic E-state index is 12.2. The highest BCUT2D eigenvalue weighted by Crippen LogP contribution is 2.26. The van der Waals surface area contributed by atoms with E-state index in [-0.39, 0.29) is 35.2 Å². The van der Waals surface area contributed by atoms with Crippen LogP contribution < -0.4 is 5.32 Å². The van der Waals surface area contributed by atoms with Crippen molar-refractivity contribution in [1.29, 1.82) is 0 Å². The molecule has 2 N–H and O–H groups in total. The molecule has 1 rings (SSSR count). The Kier molecular flexibility index (Phi) is 5.86. The lowest BCUT2D eigenvalue weighted by Crippen LogP contribution is -2.44. The zero-order valence-electron chi connectivity index (χ0n) is 12.2. The Hall–Kier alpha value is -1.47. The summed E-state index contributed by atoms with van der Waals surface area (Å²) in [4.78, 5) is 22.6. The second-order valence-electron chi connectivity index (χ2n) is 5.83. The molecule has 0 aliphatic heterocycles. The number of nitro benzene ring substituents is 1. The van der Waals surface area contributed by atoms with E-state index in [0.29, 0.717) is 10.9 Å². The molecular formula is C14H19BrN2O4. The highest BCUT2D eigenvalue weighted by molar-refractivity contribution is 9.10. The molecule has 1 aromatic rings. The van der Waals surface area contributed by atoms with Crippen LogP contribution in [-0.4, -0.2) is 28.6 Å². The van der Waals surface area contributed by atoms with E-state index in [2.05, 4.69) is 21.2 Å². The monoisotopic (exact) mass is 358 g/mol. The molecule has 0 saturated heterocycles. The SMILES string of the molecule is CC(C)(C)C(CCO)NC(=O)c1ccc(Br)c([N+](=O)[O-])c1. The van der Waals surface area contributed by atoms with Gasteiger partial charge in [0.1, 0.15) is 0 Å². The van der Waals surface area contributed by atoms with Crippen molar-refractivity contribution in [2.24, 2.45) is 5.41 Å². The van der Waals surface area contributed by atoms with Crippen LogP contribution in [0.4, 0.5) is 5.69 Å². The van der Waals surface area contributed by atoms with Crippen molar-refractivity contribution in [1.82, 2.24) is 5.32 Å². The summed E-state index contributed by atoms with van der Waals surface area (Å²) in [6, 6.07) is 4.01. The largest absolute Gasteiger partial charge is 0.396 e. The molecule has 0 spiro atoms. The van der Waals surface area contributed by atoms with Gasteiger partial charge in [-0.25, -0.2) is 0 Å². The zero-order chi connectivity index (χ0) is 16.2. The van der Waals surface area contributed by atoms with E-state index in [9.17, 15) is 14.9 Å². The van der Waals surface area contributed by atoms with Crippen LogP contribution >= 0.6 is 15.9 Å². The van der Waals surface area contributed by atoms with Crippen LogP contribution in [0, 0.1) is 15.5 Å². The molecule has 0 bridgehead atoms. The average molecular weight is 359 g/mol. The van der Waals surface area contributed by atoms with Crippen molar-refractivity contribution in [2.75, 3.05) is 6.61 Å². The molecule has 0 saturated carbocycles. The number of rotatable bonds is 5. The first-order chi connectivity index (χ1) is 9.66. The van der Waals surface area contributed by atoms with Gasteiger partial charge >= 0.3 is 0 Å². The third kappa shape index (κ3) is 4.78. The van der Waals surface area contributed by atoms with Crippen molar-refractivity contribution in [3.8, 4) is 0 Å². The van der Waals surface area contributed by atoms with Crippen LogP contribution in [0.1, 0.15) is 37.6 Å². The number of nitrogens with zero attached hydrogens (tertiary/aromatic N) is 1. The van der Waals surface area contributed by atoms with Crippen molar-refractivity contribution in [2.45, 2.75) is 33.2 Å². The molecule has 0 heterocycles. The normalized spacial score (nSPS) is 12.8. The average Bonchev–Trinajstić information content (AvgIpc) is 2.37. The van der Waals surface area contributed by atoms with E-state index in [1.807, 2.05) is 20.8 Å². The molecule has 7 heteroatoms. The number of halogens is 1. The molecule has 0 aromatic heterocycles. The number of carbonyl (C=O) groups excluding carboxylic acids is 1. The number of nitrogens with one attached hydrogen (secondary N) is 1. The van der Waals surface area contributed by atoms with Crippen molar-refractivity contribution in [3.63, 3.8) is 0 Å². The van der Waals surface area contributed by atoms with E-state index in [4.69, 9.17) is 5.11 Å². The van der Waals surface area contributed by atoms with Crippen molar-refractivity contribution < 1.29 is 14.8 Å².